The summed E-state index contributed by atoms with van der Waals surface area (Å²) in [5.74, 6) is -2.93. The van der Waals surface area contributed by atoms with Gasteiger partial charge in [0.25, 0.3) is 5.56 Å². The summed E-state index contributed by atoms with van der Waals surface area (Å²) in [5, 5.41) is 11.8. The molecule has 2 heterocycles. The number of nitrogens with zero attached hydrogens (tertiary/aromatic N) is 3. The molecular formula is C22H18F3N5O2. The second-order valence-electron chi connectivity index (χ2n) is 7.72. The number of fused-ring (bicyclic) bond motifs is 3. The molecule has 0 saturated carbocycles. The third-order valence-electron chi connectivity index (χ3n) is 5.56. The molecule has 2 N–H and O–H groups in total. The van der Waals surface area contributed by atoms with Crippen LogP contribution in [0.5, 0.6) is 0 Å². The number of anilines is 1. The van der Waals surface area contributed by atoms with Gasteiger partial charge < -0.3 is 15.2 Å². The van der Waals surface area contributed by atoms with Gasteiger partial charge in [-0.25, -0.2) is 18.0 Å². The normalized spacial score (nSPS) is 15.8. The molecule has 4 rings (SSSR count). The Kier molecular flexibility index (Phi) is 5.36. The summed E-state index contributed by atoms with van der Waals surface area (Å²) in [5.41, 5.74) is 0.485. The largest absolute Gasteiger partial charge is 0.324 e. The highest BCUT2D eigenvalue weighted by Gasteiger charge is 2.32. The standard InChI is InChI=1S/C22H18F3N5O2/c1-29-9-18-20(13-6-16(24)17(25)7-14(13)21(31)28-18)19(10-29)30(2)22(32)27-12-3-4-15(23)11(5-12)8-26/h3-7,19H,9-10H2,1-2H3,(H,27,32)(H,28,31)/t19-/m1/s1. The van der Waals surface area contributed by atoms with Crippen LogP contribution < -0.4 is 10.9 Å². The molecule has 0 aliphatic carbocycles. The Morgan fingerprint density at radius 2 is 1.88 bits per heavy atom. The van der Waals surface area contributed by atoms with Crippen molar-refractivity contribution in [3.05, 3.63) is 75.0 Å². The van der Waals surface area contributed by atoms with Crippen molar-refractivity contribution in [1.82, 2.24) is 14.8 Å². The summed E-state index contributed by atoms with van der Waals surface area (Å²) in [6, 6.07) is 5.98. The van der Waals surface area contributed by atoms with E-state index in [-0.39, 0.29) is 22.0 Å². The third-order valence-corrected chi connectivity index (χ3v) is 5.56. The number of urea groups is 1. The molecule has 0 unspecified atom stereocenters. The van der Waals surface area contributed by atoms with Crippen LogP contribution in [0.15, 0.2) is 35.1 Å². The Morgan fingerprint density at radius 1 is 1.19 bits per heavy atom. The summed E-state index contributed by atoms with van der Waals surface area (Å²) in [4.78, 5) is 31.4. The number of H-pyrrole nitrogens is 1. The topological polar surface area (TPSA) is 92.2 Å². The van der Waals surface area contributed by atoms with Gasteiger partial charge in [0.05, 0.1) is 17.0 Å². The lowest BCUT2D eigenvalue weighted by Crippen LogP contribution is -2.44. The van der Waals surface area contributed by atoms with Crippen LogP contribution in [-0.4, -0.2) is 41.5 Å². The SMILES string of the molecule is CN1Cc2[nH]c(=O)c3cc(F)c(F)cc3c2[C@H](N(C)C(=O)Nc2ccc(F)c(C#N)c2)C1. The zero-order valence-electron chi connectivity index (χ0n) is 17.2. The van der Waals surface area contributed by atoms with E-state index in [1.807, 2.05) is 4.90 Å². The first-order chi connectivity index (χ1) is 15.2. The number of pyridine rings is 1. The predicted octanol–water partition coefficient (Wildman–Crippen LogP) is 3.47. The Morgan fingerprint density at radius 3 is 2.56 bits per heavy atom. The number of rotatable bonds is 2. The summed E-state index contributed by atoms with van der Waals surface area (Å²) in [6.45, 7) is 0.721. The van der Waals surface area contributed by atoms with Gasteiger partial charge in [-0.15, -0.1) is 0 Å². The molecule has 1 atom stereocenters. The average Bonchev–Trinajstić information content (AvgIpc) is 2.75. The Labute approximate surface area is 180 Å². The van der Waals surface area contributed by atoms with Crippen LogP contribution in [0.2, 0.25) is 0 Å². The highest BCUT2D eigenvalue weighted by atomic mass is 19.2. The van der Waals surface area contributed by atoms with Crippen LogP contribution in [0.4, 0.5) is 23.7 Å². The molecule has 3 aromatic rings. The fourth-order valence-corrected chi connectivity index (χ4v) is 3.98. The van der Waals surface area contributed by atoms with Crippen molar-refractivity contribution < 1.29 is 18.0 Å². The first-order valence-corrected chi connectivity index (χ1v) is 9.65. The second kappa shape index (κ2) is 8.01. The fourth-order valence-electron chi connectivity index (χ4n) is 3.98. The van der Waals surface area contributed by atoms with Gasteiger partial charge in [-0.2, -0.15) is 5.26 Å². The van der Waals surface area contributed by atoms with Crippen molar-refractivity contribution in [3.63, 3.8) is 0 Å². The van der Waals surface area contributed by atoms with Gasteiger partial charge in [-0.05, 0) is 42.8 Å². The molecule has 10 heteroatoms. The highest BCUT2D eigenvalue weighted by molar-refractivity contribution is 5.91. The van der Waals surface area contributed by atoms with E-state index in [9.17, 15) is 22.8 Å². The van der Waals surface area contributed by atoms with Crippen LogP contribution in [0.25, 0.3) is 10.8 Å². The molecule has 2 aromatic carbocycles. The molecule has 2 amide bonds. The number of likely N-dealkylation sites (N-methyl/N-ethyl adjacent to an activating group) is 2. The van der Waals surface area contributed by atoms with Gasteiger partial charge in [-0.3, -0.25) is 9.69 Å². The van der Waals surface area contributed by atoms with Crippen molar-refractivity contribution in [3.8, 4) is 6.07 Å². The van der Waals surface area contributed by atoms with Crippen LogP contribution in [0, 0.1) is 28.8 Å². The Bertz CT molecular complexity index is 1350. The Hall–Kier alpha value is -3.84. The lowest BCUT2D eigenvalue weighted by Gasteiger charge is -2.38. The van der Waals surface area contributed by atoms with Crippen molar-refractivity contribution in [2.45, 2.75) is 12.6 Å². The number of carbonyl (C=O) groups excluding carboxylic acids is 1. The first kappa shape index (κ1) is 21.4. The molecule has 32 heavy (non-hydrogen) atoms. The second-order valence-corrected chi connectivity index (χ2v) is 7.72. The molecular weight excluding hydrogens is 423 g/mol. The van der Waals surface area contributed by atoms with E-state index in [1.165, 1.54) is 24.1 Å². The molecule has 0 spiro atoms. The molecule has 0 fully saturated rings. The van der Waals surface area contributed by atoms with Crippen molar-refractivity contribution in [2.75, 3.05) is 26.0 Å². The predicted molar refractivity (Wildman–Crippen MR) is 111 cm³/mol. The lowest BCUT2D eigenvalue weighted by molar-refractivity contribution is 0.167. The molecule has 0 saturated heterocycles. The summed E-state index contributed by atoms with van der Waals surface area (Å²) >= 11 is 0. The smallest absolute Gasteiger partial charge is 0.322 e. The van der Waals surface area contributed by atoms with Gasteiger partial charge in [0.15, 0.2) is 11.6 Å². The van der Waals surface area contributed by atoms with Gasteiger partial charge in [-0.1, -0.05) is 0 Å². The number of aromatic nitrogens is 1. The minimum absolute atomic E-state index is 0.0109. The summed E-state index contributed by atoms with van der Waals surface area (Å²) in [6.07, 6.45) is 0. The van der Waals surface area contributed by atoms with Gasteiger partial charge in [0.1, 0.15) is 11.9 Å². The quantitative estimate of drug-likeness (QED) is 0.637. The van der Waals surface area contributed by atoms with Gasteiger partial charge in [0.2, 0.25) is 0 Å². The number of nitriles is 1. The molecule has 1 aliphatic rings. The van der Waals surface area contributed by atoms with Crippen molar-refractivity contribution in [2.24, 2.45) is 0 Å². The maximum Gasteiger partial charge on any atom is 0.322 e. The maximum atomic E-state index is 14.1. The Balaban J connectivity index is 1.76. The zero-order valence-corrected chi connectivity index (χ0v) is 17.2. The van der Waals surface area contributed by atoms with Gasteiger partial charge in [0, 0.05) is 37.1 Å². The molecule has 7 nitrogen and oxygen atoms in total. The summed E-state index contributed by atoms with van der Waals surface area (Å²) in [7, 11) is 3.32. The van der Waals surface area contributed by atoms with E-state index in [4.69, 9.17) is 5.26 Å². The van der Waals surface area contributed by atoms with E-state index in [2.05, 4.69) is 10.3 Å². The van der Waals surface area contributed by atoms with E-state index < -0.39 is 35.1 Å². The van der Waals surface area contributed by atoms with E-state index in [0.29, 0.717) is 24.3 Å². The number of carbonyl (C=O) groups is 1. The molecule has 164 valence electrons. The summed E-state index contributed by atoms with van der Waals surface area (Å²) < 4.78 is 41.4. The van der Waals surface area contributed by atoms with E-state index in [0.717, 1.165) is 18.2 Å². The first-order valence-electron chi connectivity index (χ1n) is 9.65. The van der Waals surface area contributed by atoms with Crippen molar-refractivity contribution in [1.29, 1.82) is 5.26 Å². The average molecular weight is 441 g/mol. The van der Waals surface area contributed by atoms with E-state index in [1.54, 1.807) is 13.1 Å². The number of amides is 2. The third kappa shape index (κ3) is 3.67. The lowest BCUT2D eigenvalue weighted by atomic mass is 9.93. The fraction of sp³-hybridized carbons (Fsp3) is 0.227. The monoisotopic (exact) mass is 441 g/mol. The highest BCUT2D eigenvalue weighted by Crippen LogP contribution is 2.34. The van der Waals surface area contributed by atoms with Gasteiger partial charge >= 0.3 is 6.03 Å². The molecule has 0 radical (unpaired) electrons. The minimum Gasteiger partial charge on any atom is -0.324 e. The molecule has 1 aromatic heterocycles. The van der Waals surface area contributed by atoms with Crippen LogP contribution in [0.1, 0.15) is 22.9 Å². The number of benzene rings is 2. The zero-order chi connectivity index (χ0) is 23.2. The van der Waals surface area contributed by atoms with Crippen molar-refractivity contribution >= 4 is 22.5 Å². The van der Waals surface area contributed by atoms with Crippen LogP contribution in [-0.2, 0) is 6.54 Å². The number of nitrogens with one attached hydrogen (secondary N) is 2. The number of aromatic amines is 1. The van der Waals surface area contributed by atoms with Crippen LogP contribution >= 0.6 is 0 Å². The minimum atomic E-state index is -1.14. The number of hydrogen-bond donors (Lipinski definition) is 2. The van der Waals surface area contributed by atoms with E-state index >= 15 is 0 Å². The van der Waals surface area contributed by atoms with Crippen LogP contribution in [0.3, 0.4) is 0 Å². The molecule has 0 bridgehead atoms. The number of halogens is 3. The molecule has 1 aliphatic heterocycles. The maximum absolute atomic E-state index is 14.1. The number of hydrogen-bond acceptors (Lipinski definition) is 4.